The number of primary sulfonamides is 1. The van der Waals surface area contributed by atoms with E-state index in [1.165, 1.54) is 24.4 Å². The first-order valence-corrected chi connectivity index (χ1v) is 5.56. The maximum Gasteiger partial charge on any atom is 0.238 e. The van der Waals surface area contributed by atoms with Crippen molar-refractivity contribution in [1.29, 1.82) is 0 Å². The molecule has 0 saturated heterocycles. The van der Waals surface area contributed by atoms with E-state index >= 15 is 0 Å². The van der Waals surface area contributed by atoms with Crippen molar-refractivity contribution >= 4 is 26.9 Å². The van der Waals surface area contributed by atoms with Gasteiger partial charge in [-0.1, -0.05) is 0 Å². The molecular weight excluding hydrogens is 216 g/mol. The first-order valence-electron chi connectivity index (χ1n) is 4.02. The van der Waals surface area contributed by atoms with Gasteiger partial charge in [0, 0.05) is 0 Å². The van der Waals surface area contributed by atoms with Gasteiger partial charge in [0.2, 0.25) is 10.0 Å². The maximum absolute atomic E-state index is 11.0. The molecule has 0 atom stereocenters. The summed E-state index contributed by atoms with van der Waals surface area (Å²) < 4.78 is 22.1. The van der Waals surface area contributed by atoms with Crippen LogP contribution in [0.5, 0.6) is 0 Å². The molecule has 0 radical (unpaired) electrons. The summed E-state index contributed by atoms with van der Waals surface area (Å²) in [7, 11) is -3.70. The minimum atomic E-state index is -3.70. The van der Waals surface area contributed by atoms with Crippen LogP contribution in [0.1, 0.15) is 0 Å². The van der Waals surface area contributed by atoms with Crippen LogP contribution in [0.15, 0.2) is 29.3 Å². The molecule has 0 spiro atoms. The molecule has 0 aliphatic rings. The lowest BCUT2D eigenvalue weighted by Gasteiger charge is -2.00. The van der Waals surface area contributed by atoms with Gasteiger partial charge in [-0.3, -0.25) is 4.98 Å². The van der Waals surface area contributed by atoms with E-state index in [0.29, 0.717) is 11.0 Å². The number of nitrogens with zero attached hydrogens (tertiary/aromatic N) is 2. The van der Waals surface area contributed by atoms with Gasteiger partial charge < -0.3 is 5.73 Å². The van der Waals surface area contributed by atoms with Gasteiger partial charge in [-0.2, -0.15) is 0 Å². The number of anilines is 1. The highest BCUT2D eigenvalue weighted by atomic mass is 32.2. The van der Waals surface area contributed by atoms with Crippen molar-refractivity contribution in [3.05, 3.63) is 24.4 Å². The second-order valence-corrected chi connectivity index (χ2v) is 4.55. The summed E-state index contributed by atoms with van der Waals surface area (Å²) >= 11 is 0. The van der Waals surface area contributed by atoms with E-state index in [0.717, 1.165) is 0 Å². The van der Waals surface area contributed by atoms with Gasteiger partial charge in [-0.05, 0) is 18.2 Å². The van der Waals surface area contributed by atoms with Crippen molar-refractivity contribution in [2.45, 2.75) is 4.90 Å². The Morgan fingerprint density at radius 1 is 1.20 bits per heavy atom. The molecule has 0 saturated carbocycles. The largest absolute Gasteiger partial charge is 0.382 e. The quantitative estimate of drug-likeness (QED) is 0.700. The van der Waals surface area contributed by atoms with Crippen molar-refractivity contribution < 1.29 is 8.42 Å². The Balaban J connectivity index is 2.73. The van der Waals surface area contributed by atoms with Crippen LogP contribution >= 0.6 is 0 Å². The van der Waals surface area contributed by atoms with Crippen molar-refractivity contribution in [2.75, 3.05) is 5.73 Å². The number of nitrogens with two attached hydrogens (primary N) is 2. The van der Waals surface area contributed by atoms with Crippen LogP contribution < -0.4 is 10.9 Å². The van der Waals surface area contributed by atoms with Crippen LogP contribution in [-0.2, 0) is 10.0 Å². The molecule has 2 aromatic rings. The topological polar surface area (TPSA) is 112 Å². The molecular formula is C8H8N4O2S. The standard InChI is InChI=1S/C8H8N4O2S/c9-8-4-11-7-3-5(15(10,13)14)1-2-6(7)12-8/h1-4H,(H2,9,12)(H2,10,13,14). The lowest BCUT2D eigenvalue weighted by Crippen LogP contribution is -2.12. The summed E-state index contributed by atoms with van der Waals surface area (Å²) in [6, 6.07) is 4.24. The molecule has 0 unspecified atom stereocenters. The average Bonchev–Trinajstić information content (AvgIpc) is 2.15. The van der Waals surface area contributed by atoms with E-state index in [1.807, 2.05) is 0 Å². The highest BCUT2D eigenvalue weighted by Gasteiger charge is 2.08. The number of hydrogen-bond acceptors (Lipinski definition) is 5. The fraction of sp³-hybridized carbons (Fsp3) is 0. The Morgan fingerprint density at radius 2 is 1.93 bits per heavy atom. The number of aromatic nitrogens is 2. The van der Waals surface area contributed by atoms with Gasteiger partial charge >= 0.3 is 0 Å². The lowest BCUT2D eigenvalue weighted by molar-refractivity contribution is 0.598. The van der Waals surface area contributed by atoms with Gasteiger partial charge in [-0.15, -0.1) is 0 Å². The summed E-state index contributed by atoms with van der Waals surface area (Å²) in [5.74, 6) is 0.283. The molecule has 15 heavy (non-hydrogen) atoms. The monoisotopic (exact) mass is 224 g/mol. The average molecular weight is 224 g/mol. The van der Waals surface area contributed by atoms with E-state index in [-0.39, 0.29) is 10.7 Å². The highest BCUT2D eigenvalue weighted by Crippen LogP contribution is 2.15. The highest BCUT2D eigenvalue weighted by molar-refractivity contribution is 7.89. The molecule has 4 N–H and O–H groups in total. The lowest BCUT2D eigenvalue weighted by atomic mass is 10.3. The van der Waals surface area contributed by atoms with Crippen molar-refractivity contribution in [3.63, 3.8) is 0 Å². The summed E-state index contributed by atoms with van der Waals surface area (Å²) in [6.07, 6.45) is 1.36. The van der Waals surface area contributed by atoms with Crippen LogP contribution in [0.3, 0.4) is 0 Å². The van der Waals surface area contributed by atoms with Crippen LogP contribution in [-0.4, -0.2) is 18.4 Å². The van der Waals surface area contributed by atoms with E-state index < -0.39 is 10.0 Å². The predicted octanol–water partition coefficient (Wildman–Crippen LogP) is -0.141. The molecule has 0 amide bonds. The van der Waals surface area contributed by atoms with E-state index in [9.17, 15) is 8.42 Å². The van der Waals surface area contributed by atoms with E-state index in [4.69, 9.17) is 10.9 Å². The summed E-state index contributed by atoms with van der Waals surface area (Å²) in [6.45, 7) is 0. The summed E-state index contributed by atoms with van der Waals surface area (Å²) in [5, 5.41) is 4.98. The van der Waals surface area contributed by atoms with Crippen LogP contribution in [0.2, 0.25) is 0 Å². The third kappa shape index (κ3) is 1.88. The number of fused-ring (bicyclic) bond motifs is 1. The van der Waals surface area contributed by atoms with Gasteiger partial charge in [0.15, 0.2) is 0 Å². The molecule has 1 heterocycles. The van der Waals surface area contributed by atoms with Crippen LogP contribution in [0.25, 0.3) is 11.0 Å². The zero-order valence-electron chi connectivity index (χ0n) is 7.58. The van der Waals surface area contributed by atoms with Crippen molar-refractivity contribution in [2.24, 2.45) is 5.14 Å². The molecule has 6 nitrogen and oxygen atoms in total. The summed E-state index contributed by atoms with van der Waals surface area (Å²) in [4.78, 5) is 7.93. The van der Waals surface area contributed by atoms with Gasteiger partial charge in [0.1, 0.15) is 5.82 Å². The minimum absolute atomic E-state index is 0.00840. The van der Waals surface area contributed by atoms with Crippen molar-refractivity contribution in [1.82, 2.24) is 9.97 Å². The zero-order valence-corrected chi connectivity index (χ0v) is 8.40. The number of benzene rings is 1. The smallest absolute Gasteiger partial charge is 0.238 e. The first kappa shape index (κ1) is 9.81. The molecule has 0 fully saturated rings. The fourth-order valence-electron chi connectivity index (χ4n) is 1.18. The maximum atomic E-state index is 11.0. The van der Waals surface area contributed by atoms with Crippen molar-refractivity contribution in [3.8, 4) is 0 Å². The molecule has 0 aliphatic carbocycles. The fourth-order valence-corrected chi connectivity index (χ4v) is 1.72. The third-order valence-corrected chi connectivity index (χ3v) is 2.77. The molecule has 2 rings (SSSR count). The van der Waals surface area contributed by atoms with Crippen LogP contribution in [0.4, 0.5) is 5.82 Å². The first-order chi connectivity index (χ1) is 6.97. The van der Waals surface area contributed by atoms with E-state index in [1.54, 1.807) is 0 Å². The van der Waals surface area contributed by atoms with Gasteiger partial charge in [-0.25, -0.2) is 18.5 Å². The molecule has 0 aliphatic heterocycles. The second kappa shape index (κ2) is 3.14. The Kier molecular flexibility index (Phi) is 2.06. The Hall–Kier alpha value is -1.73. The molecule has 1 aromatic carbocycles. The molecule has 78 valence electrons. The normalized spacial score (nSPS) is 11.8. The van der Waals surface area contributed by atoms with Gasteiger partial charge in [0.25, 0.3) is 0 Å². The summed E-state index contributed by atoms with van der Waals surface area (Å²) in [5.41, 5.74) is 6.40. The number of hydrogen-bond donors (Lipinski definition) is 2. The third-order valence-electron chi connectivity index (χ3n) is 1.86. The Bertz CT molecular complexity index is 624. The second-order valence-electron chi connectivity index (χ2n) is 2.99. The molecule has 0 bridgehead atoms. The predicted molar refractivity (Wildman–Crippen MR) is 55.3 cm³/mol. The zero-order chi connectivity index (χ0) is 11.1. The Labute approximate surface area is 86.0 Å². The SMILES string of the molecule is Nc1cnc2cc(S(N)(=O)=O)ccc2n1. The van der Waals surface area contributed by atoms with E-state index in [2.05, 4.69) is 9.97 Å². The van der Waals surface area contributed by atoms with Gasteiger partial charge in [0.05, 0.1) is 22.1 Å². The number of nitrogen functional groups attached to an aromatic ring is 1. The molecule has 1 aromatic heterocycles. The van der Waals surface area contributed by atoms with Crippen LogP contribution in [0, 0.1) is 0 Å². The molecule has 7 heteroatoms. The number of rotatable bonds is 1. The minimum Gasteiger partial charge on any atom is -0.382 e. The Morgan fingerprint density at radius 3 is 2.60 bits per heavy atom. The number of sulfonamides is 1.